The zero-order valence-corrected chi connectivity index (χ0v) is 11.5. The Hall–Kier alpha value is -2.14. The Balaban J connectivity index is 2.04. The lowest BCUT2D eigenvalue weighted by molar-refractivity contribution is 0.0959. The van der Waals surface area contributed by atoms with Crippen LogP contribution in [-0.4, -0.2) is 18.7 Å². The van der Waals surface area contributed by atoms with Gasteiger partial charge in [-0.15, -0.1) is 11.3 Å². The second-order valence-corrected chi connectivity index (χ2v) is 4.79. The molecule has 1 amide bonds. The van der Waals surface area contributed by atoms with Crippen molar-refractivity contribution >= 4 is 23.0 Å². The molecule has 0 aliphatic rings. The maximum atomic E-state index is 11.7. The van der Waals surface area contributed by atoms with Gasteiger partial charge in [0.1, 0.15) is 5.75 Å². The zero-order chi connectivity index (χ0) is 13.7. The predicted molar refractivity (Wildman–Crippen MR) is 77.0 cm³/mol. The molecule has 0 spiro atoms. The van der Waals surface area contributed by atoms with Gasteiger partial charge in [-0.05, 0) is 48.2 Å². The molecular weight excluding hydrogens is 260 g/mol. The van der Waals surface area contributed by atoms with Gasteiger partial charge in [0, 0.05) is 0 Å². The van der Waals surface area contributed by atoms with Crippen LogP contribution in [0.15, 0.2) is 46.9 Å². The van der Waals surface area contributed by atoms with Crippen LogP contribution in [-0.2, 0) is 0 Å². The third kappa shape index (κ3) is 3.42. The molecule has 1 N–H and O–H groups in total. The van der Waals surface area contributed by atoms with E-state index in [9.17, 15) is 4.79 Å². The summed E-state index contributed by atoms with van der Waals surface area (Å²) < 4.78 is 5.09. The van der Waals surface area contributed by atoms with E-state index >= 15 is 0 Å². The largest absolute Gasteiger partial charge is 0.497 e. The Morgan fingerprint density at radius 2 is 2.00 bits per heavy atom. The number of nitrogens with one attached hydrogen (secondary N) is 1. The topological polar surface area (TPSA) is 50.7 Å². The Morgan fingerprint density at radius 3 is 2.58 bits per heavy atom. The lowest BCUT2D eigenvalue weighted by Crippen LogP contribution is -2.18. The number of hydrogen-bond acceptors (Lipinski definition) is 4. The molecule has 0 aliphatic carbocycles. The quantitative estimate of drug-likeness (QED) is 0.688. The van der Waals surface area contributed by atoms with Crippen molar-refractivity contribution in [3.05, 3.63) is 52.2 Å². The fourth-order valence-corrected chi connectivity index (χ4v) is 2.11. The highest BCUT2D eigenvalue weighted by molar-refractivity contribution is 7.12. The Kier molecular flexibility index (Phi) is 4.30. The van der Waals surface area contributed by atoms with Crippen molar-refractivity contribution in [2.45, 2.75) is 6.92 Å². The van der Waals surface area contributed by atoms with E-state index in [0.717, 1.165) is 17.0 Å². The van der Waals surface area contributed by atoms with E-state index < -0.39 is 0 Å². The maximum Gasteiger partial charge on any atom is 0.281 e. The number of ether oxygens (including phenoxy) is 1. The average Bonchev–Trinajstić information content (AvgIpc) is 2.98. The van der Waals surface area contributed by atoms with E-state index in [1.54, 1.807) is 13.2 Å². The number of hydrogen-bond donors (Lipinski definition) is 1. The van der Waals surface area contributed by atoms with Gasteiger partial charge < -0.3 is 4.74 Å². The van der Waals surface area contributed by atoms with Gasteiger partial charge >= 0.3 is 0 Å². The molecule has 19 heavy (non-hydrogen) atoms. The van der Waals surface area contributed by atoms with Crippen LogP contribution in [0.3, 0.4) is 0 Å². The molecule has 0 aliphatic heterocycles. The highest BCUT2D eigenvalue weighted by Gasteiger charge is 2.05. The molecule has 5 heteroatoms. The van der Waals surface area contributed by atoms with Crippen LogP contribution in [0.1, 0.15) is 22.2 Å². The molecule has 0 bridgehead atoms. The molecule has 1 heterocycles. The smallest absolute Gasteiger partial charge is 0.281 e. The van der Waals surface area contributed by atoms with Crippen molar-refractivity contribution in [3.63, 3.8) is 0 Å². The van der Waals surface area contributed by atoms with Crippen molar-refractivity contribution in [2.75, 3.05) is 7.11 Å². The number of thiophene rings is 1. The van der Waals surface area contributed by atoms with Crippen molar-refractivity contribution in [1.29, 1.82) is 0 Å². The predicted octanol–water partition coefficient (Wildman–Crippen LogP) is 2.91. The first-order valence-electron chi connectivity index (χ1n) is 5.73. The summed E-state index contributed by atoms with van der Waals surface area (Å²) in [6.45, 7) is 1.84. The second-order valence-electron chi connectivity index (χ2n) is 3.84. The average molecular weight is 274 g/mol. The van der Waals surface area contributed by atoms with Gasteiger partial charge in [-0.1, -0.05) is 6.07 Å². The number of carbonyl (C=O) groups excluding carboxylic acids is 1. The molecule has 0 saturated heterocycles. The molecule has 1 aromatic carbocycles. The summed E-state index contributed by atoms with van der Waals surface area (Å²) >= 11 is 1.39. The highest BCUT2D eigenvalue weighted by atomic mass is 32.1. The molecule has 98 valence electrons. The van der Waals surface area contributed by atoms with E-state index in [0.29, 0.717) is 4.88 Å². The summed E-state index contributed by atoms with van der Waals surface area (Å²) in [5.74, 6) is 0.599. The zero-order valence-electron chi connectivity index (χ0n) is 10.7. The fourth-order valence-electron chi connectivity index (χ4n) is 1.49. The first-order valence-corrected chi connectivity index (χ1v) is 6.61. The summed E-state index contributed by atoms with van der Waals surface area (Å²) in [4.78, 5) is 12.4. The third-order valence-corrected chi connectivity index (χ3v) is 3.45. The van der Waals surface area contributed by atoms with Crippen LogP contribution in [0.25, 0.3) is 0 Å². The van der Waals surface area contributed by atoms with Gasteiger partial charge in [-0.3, -0.25) is 4.79 Å². The minimum atomic E-state index is -0.192. The molecule has 2 rings (SSSR count). The summed E-state index contributed by atoms with van der Waals surface area (Å²) in [5.41, 5.74) is 4.22. The monoisotopic (exact) mass is 274 g/mol. The van der Waals surface area contributed by atoms with Crippen molar-refractivity contribution < 1.29 is 9.53 Å². The fraction of sp³-hybridized carbons (Fsp3) is 0.143. The summed E-state index contributed by atoms with van der Waals surface area (Å²) in [6, 6.07) is 11.1. The van der Waals surface area contributed by atoms with Gasteiger partial charge in [0.25, 0.3) is 5.91 Å². The molecule has 0 unspecified atom stereocenters. The normalized spacial score (nSPS) is 11.2. The van der Waals surface area contributed by atoms with Gasteiger partial charge in [-0.25, -0.2) is 5.43 Å². The third-order valence-electron chi connectivity index (χ3n) is 2.58. The number of carbonyl (C=O) groups is 1. The van der Waals surface area contributed by atoms with Gasteiger partial charge in [0.05, 0.1) is 17.7 Å². The number of methoxy groups -OCH3 is 1. The Bertz CT molecular complexity index is 574. The van der Waals surface area contributed by atoms with E-state index in [-0.39, 0.29) is 5.91 Å². The molecule has 2 aromatic rings. The van der Waals surface area contributed by atoms with Crippen molar-refractivity contribution in [1.82, 2.24) is 5.43 Å². The maximum absolute atomic E-state index is 11.7. The Morgan fingerprint density at radius 1 is 1.26 bits per heavy atom. The van der Waals surface area contributed by atoms with E-state index in [1.165, 1.54) is 11.3 Å². The molecule has 0 saturated carbocycles. The van der Waals surface area contributed by atoms with Crippen molar-refractivity contribution in [2.24, 2.45) is 5.10 Å². The van der Waals surface area contributed by atoms with Crippen LogP contribution in [0.4, 0.5) is 0 Å². The van der Waals surface area contributed by atoms with Gasteiger partial charge in [0.2, 0.25) is 0 Å². The number of benzene rings is 1. The summed E-state index contributed by atoms with van der Waals surface area (Å²) in [5, 5.41) is 5.94. The minimum Gasteiger partial charge on any atom is -0.497 e. The first-order chi connectivity index (χ1) is 9.20. The van der Waals surface area contributed by atoms with Crippen molar-refractivity contribution in [3.8, 4) is 5.75 Å². The standard InChI is InChI=1S/C14H14N2O2S/c1-10(11-5-7-12(18-2)8-6-11)15-16-14(17)13-4-3-9-19-13/h3-9H,1-2H3,(H,16,17)/b15-10+. The Labute approximate surface area is 115 Å². The second kappa shape index (κ2) is 6.15. The van der Waals surface area contributed by atoms with Gasteiger partial charge in [0.15, 0.2) is 0 Å². The highest BCUT2D eigenvalue weighted by Crippen LogP contribution is 2.12. The minimum absolute atomic E-state index is 0.192. The molecule has 0 atom stereocenters. The van der Waals surface area contributed by atoms with Gasteiger partial charge in [-0.2, -0.15) is 5.10 Å². The molecule has 4 nitrogen and oxygen atoms in total. The number of rotatable bonds is 4. The van der Waals surface area contributed by atoms with Crippen LogP contribution in [0.2, 0.25) is 0 Å². The first kappa shape index (κ1) is 13.3. The van der Waals surface area contributed by atoms with Crippen LogP contribution in [0.5, 0.6) is 5.75 Å². The van der Waals surface area contributed by atoms with Crippen LogP contribution < -0.4 is 10.2 Å². The van der Waals surface area contributed by atoms with E-state index in [4.69, 9.17) is 4.74 Å². The molecule has 1 aromatic heterocycles. The molecule has 0 radical (unpaired) electrons. The summed E-state index contributed by atoms with van der Waals surface area (Å²) in [7, 11) is 1.62. The molecular formula is C14H14N2O2S. The lowest BCUT2D eigenvalue weighted by atomic mass is 10.1. The van der Waals surface area contributed by atoms with E-state index in [2.05, 4.69) is 10.5 Å². The van der Waals surface area contributed by atoms with Crippen LogP contribution >= 0.6 is 11.3 Å². The number of amides is 1. The molecule has 0 fully saturated rings. The van der Waals surface area contributed by atoms with E-state index in [1.807, 2.05) is 42.6 Å². The SMILES string of the molecule is COc1ccc(/C(C)=N/NC(=O)c2cccs2)cc1. The number of nitrogens with zero attached hydrogens (tertiary/aromatic N) is 1. The number of hydrazone groups is 1. The summed E-state index contributed by atoms with van der Waals surface area (Å²) in [6.07, 6.45) is 0. The lowest BCUT2D eigenvalue weighted by Gasteiger charge is -2.03. The van der Waals surface area contributed by atoms with Crippen LogP contribution in [0, 0.1) is 0 Å².